The third-order valence-electron chi connectivity index (χ3n) is 3.09. The van der Waals surface area contributed by atoms with Gasteiger partial charge in [0.05, 0.1) is 10.2 Å². The number of hydrogen-bond acceptors (Lipinski definition) is 3. The highest BCUT2D eigenvalue weighted by Crippen LogP contribution is 2.13. The molecule has 3 radical (unpaired) electrons. The van der Waals surface area contributed by atoms with E-state index in [9.17, 15) is 9.59 Å². The van der Waals surface area contributed by atoms with Crippen LogP contribution in [-0.2, 0) is 6.54 Å². The van der Waals surface area contributed by atoms with Crippen molar-refractivity contribution in [2.24, 2.45) is 0 Å². The predicted octanol–water partition coefficient (Wildman–Crippen LogP) is 0.818. The maximum absolute atomic E-state index is 12.4. The summed E-state index contributed by atoms with van der Waals surface area (Å²) in [5.41, 5.74) is 1.14. The summed E-state index contributed by atoms with van der Waals surface area (Å²) in [5, 5.41) is 3.54. The van der Waals surface area contributed by atoms with E-state index in [2.05, 4.69) is 28.0 Å². The molecule has 0 saturated carbocycles. The van der Waals surface area contributed by atoms with Crippen molar-refractivity contribution in [2.75, 3.05) is 0 Å². The van der Waals surface area contributed by atoms with Gasteiger partial charge in [-0.3, -0.25) is 14.3 Å². The highest BCUT2D eigenvalue weighted by atomic mass is 32.1. The third-order valence-corrected chi connectivity index (χ3v) is 4.32. The maximum atomic E-state index is 12.4. The van der Waals surface area contributed by atoms with Gasteiger partial charge in [-0.2, -0.15) is 0 Å². The van der Waals surface area contributed by atoms with Crippen LogP contribution < -0.4 is 10.7 Å². The number of aryl methyl sites for hydroxylation is 1. The van der Waals surface area contributed by atoms with Gasteiger partial charge in [0.1, 0.15) is 5.56 Å². The van der Waals surface area contributed by atoms with Gasteiger partial charge < -0.3 is 5.10 Å². The van der Waals surface area contributed by atoms with Gasteiger partial charge in [-0.25, -0.2) is 0 Å². The lowest BCUT2D eigenvalue weighted by molar-refractivity contribution is 0.103. The van der Waals surface area contributed by atoms with Gasteiger partial charge in [0.25, 0.3) is 5.56 Å². The molecule has 0 amide bonds. The summed E-state index contributed by atoms with van der Waals surface area (Å²) in [6.45, 7) is 4.16. The minimum atomic E-state index is -0.294. The average molecular weight is 289 g/mol. The van der Waals surface area contributed by atoms with Crippen molar-refractivity contribution in [1.82, 2.24) is 9.78 Å². The Morgan fingerprint density at radius 1 is 1.42 bits per heavy atom. The van der Waals surface area contributed by atoms with Gasteiger partial charge >= 0.3 is 0 Å². The van der Waals surface area contributed by atoms with Crippen LogP contribution in [0, 0.1) is 6.92 Å². The normalized spacial score (nSPS) is 10.7. The van der Waals surface area contributed by atoms with E-state index in [4.69, 9.17) is 0 Å². The molecule has 4 nitrogen and oxygen atoms in total. The van der Waals surface area contributed by atoms with Crippen LogP contribution in [0.5, 0.6) is 0 Å². The number of hydrogen-bond donors (Lipinski definition) is 2. The first-order chi connectivity index (χ1) is 8.97. The smallest absolute Gasteiger partial charge is 0.277 e. The van der Waals surface area contributed by atoms with Crippen LogP contribution >= 0.6 is 12.6 Å². The number of aromatic amines is 1. The number of nitrogens with one attached hydrogen (secondary N) is 1. The largest absolute Gasteiger partial charge is 0.302 e. The molecule has 0 unspecified atom stereocenters. The highest BCUT2D eigenvalue weighted by molar-refractivity contribution is 7.80. The van der Waals surface area contributed by atoms with E-state index in [0.29, 0.717) is 12.1 Å². The van der Waals surface area contributed by atoms with Gasteiger partial charge in [0.15, 0.2) is 5.78 Å². The Hall–Kier alpha value is -1.53. The third kappa shape index (κ3) is 2.33. The number of H-pyrrole nitrogens is 1. The van der Waals surface area contributed by atoms with Crippen LogP contribution in [0.1, 0.15) is 28.4 Å². The quantitative estimate of drug-likeness (QED) is 0.499. The molecular weight excluding hydrogens is 276 g/mol. The van der Waals surface area contributed by atoms with Crippen molar-refractivity contribution in [3.8, 4) is 0 Å². The second-order valence-corrected chi connectivity index (χ2v) is 5.18. The summed E-state index contributed by atoms with van der Waals surface area (Å²) >= 11 is 4.28. The van der Waals surface area contributed by atoms with Crippen LogP contribution in [0.3, 0.4) is 0 Å². The van der Waals surface area contributed by atoms with Gasteiger partial charge in [-0.15, -0.1) is 12.6 Å². The lowest BCUT2D eigenvalue weighted by Crippen LogP contribution is -2.23. The molecule has 97 valence electrons. The van der Waals surface area contributed by atoms with Crippen LogP contribution in [0.25, 0.3) is 0 Å². The Balaban J connectivity index is 2.54. The molecule has 2 rings (SSSR count). The standard InChI is InChI=1S/C13H13N2O2SSi/c1-3-15-13(17)9(6-14-15)11(16)8-4-5-10(18)12(19)7(8)2/h4-6,14,18H,3H2,1-2H3. The molecule has 0 aliphatic heterocycles. The molecule has 6 heteroatoms. The molecule has 0 aliphatic carbocycles. The Kier molecular flexibility index (Phi) is 3.82. The topological polar surface area (TPSA) is 54.9 Å². The fraction of sp³-hybridized carbons (Fsp3) is 0.231. The molecule has 0 bridgehead atoms. The van der Waals surface area contributed by atoms with Crippen LogP contribution in [0.4, 0.5) is 0 Å². The lowest BCUT2D eigenvalue weighted by Gasteiger charge is -2.08. The first-order valence-electron chi connectivity index (χ1n) is 5.84. The number of thiol groups is 1. The fourth-order valence-corrected chi connectivity index (χ4v) is 2.35. The summed E-state index contributed by atoms with van der Waals surface area (Å²) in [6.07, 6.45) is 1.45. The maximum Gasteiger partial charge on any atom is 0.277 e. The minimum Gasteiger partial charge on any atom is -0.302 e. The summed E-state index contributed by atoms with van der Waals surface area (Å²) in [7, 11) is 3.44. The monoisotopic (exact) mass is 289 g/mol. The van der Waals surface area contributed by atoms with E-state index in [1.54, 1.807) is 12.1 Å². The first kappa shape index (κ1) is 13.9. The lowest BCUT2D eigenvalue weighted by atomic mass is 10.0. The Bertz CT molecular complexity index is 703. The number of carbonyl (C=O) groups excluding carboxylic acids is 1. The average Bonchev–Trinajstić information content (AvgIpc) is 2.76. The predicted molar refractivity (Wildman–Crippen MR) is 78.0 cm³/mol. The Morgan fingerprint density at radius 2 is 2.11 bits per heavy atom. The van der Waals surface area contributed by atoms with Crippen molar-refractivity contribution in [3.05, 3.63) is 45.4 Å². The second-order valence-electron chi connectivity index (χ2n) is 4.20. The van der Waals surface area contributed by atoms with Crippen molar-refractivity contribution >= 4 is 33.8 Å². The summed E-state index contributed by atoms with van der Waals surface area (Å²) in [6, 6.07) is 3.42. The summed E-state index contributed by atoms with van der Waals surface area (Å²) in [4.78, 5) is 25.1. The first-order valence-corrected chi connectivity index (χ1v) is 6.79. The molecule has 0 atom stereocenters. The molecule has 0 saturated heterocycles. The zero-order valence-electron chi connectivity index (χ0n) is 10.7. The molecule has 1 aromatic heterocycles. The van der Waals surface area contributed by atoms with E-state index in [-0.39, 0.29) is 16.9 Å². The number of aromatic nitrogens is 2. The van der Waals surface area contributed by atoms with E-state index >= 15 is 0 Å². The van der Waals surface area contributed by atoms with E-state index in [1.807, 2.05) is 13.8 Å². The zero-order chi connectivity index (χ0) is 14.2. The Morgan fingerprint density at radius 3 is 2.68 bits per heavy atom. The van der Waals surface area contributed by atoms with Gasteiger partial charge in [-0.1, -0.05) is 5.19 Å². The molecule has 1 N–H and O–H groups in total. The van der Waals surface area contributed by atoms with Crippen molar-refractivity contribution in [2.45, 2.75) is 25.3 Å². The number of ketones is 1. The molecule has 0 spiro atoms. The second kappa shape index (κ2) is 5.22. The fourth-order valence-electron chi connectivity index (χ4n) is 1.89. The van der Waals surface area contributed by atoms with Gasteiger partial charge in [0.2, 0.25) is 0 Å². The SMILES string of the molecule is CCn1[nH]cc(C(=O)c2ccc(S)c([Si])c2C)c1=O. The summed E-state index contributed by atoms with van der Waals surface area (Å²) < 4.78 is 1.39. The number of rotatable bonds is 3. The van der Waals surface area contributed by atoms with Gasteiger partial charge in [0, 0.05) is 23.2 Å². The molecule has 0 fully saturated rings. The van der Waals surface area contributed by atoms with Crippen molar-refractivity contribution < 1.29 is 4.79 Å². The highest BCUT2D eigenvalue weighted by Gasteiger charge is 2.18. The minimum absolute atomic E-state index is 0.155. The molecule has 1 aromatic carbocycles. The molecule has 0 aliphatic rings. The van der Waals surface area contributed by atoms with Crippen LogP contribution in [0.2, 0.25) is 0 Å². The molecular formula is C13H13N2O2SSi. The summed E-state index contributed by atoms with van der Waals surface area (Å²) in [5.74, 6) is -0.279. The Labute approximate surface area is 119 Å². The molecule has 2 aromatic rings. The number of nitrogens with zero attached hydrogens (tertiary/aromatic N) is 1. The van der Waals surface area contributed by atoms with E-state index in [1.165, 1.54) is 10.9 Å². The zero-order valence-corrected chi connectivity index (χ0v) is 12.5. The van der Waals surface area contributed by atoms with E-state index < -0.39 is 0 Å². The van der Waals surface area contributed by atoms with Crippen molar-refractivity contribution in [1.29, 1.82) is 0 Å². The van der Waals surface area contributed by atoms with E-state index in [0.717, 1.165) is 15.6 Å². The van der Waals surface area contributed by atoms with Gasteiger partial charge in [-0.05, 0) is 31.5 Å². The molecule has 1 heterocycles. The molecule has 19 heavy (non-hydrogen) atoms. The number of carbonyl (C=O) groups is 1. The van der Waals surface area contributed by atoms with Crippen molar-refractivity contribution in [3.63, 3.8) is 0 Å². The van der Waals surface area contributed by atoms with Crippen LogP contribution in [0.15, 0.2) is 28.0 Å². The number of benzene rings is 1. The van der Waals surface area contributed by atoms with Crippen LogP contribution in [-0.4, -0.2) is 25.8 Å².